The van der Waals surface area contributed by atoms with Crippen molar-refractivity contribution >= 4 is 0 Å². The van der Waals surface area contributed by atoms with Crippen LogP contribution in [-0.2, 0) is 11.3 Å². The third-order valence-electron chi connectivity index (χ3n) is 3.64. The van der Waals surface area contributed by atoms with Gasteiger partial charge in [-0.3, -0.25) is 0 Å². The highest BCUT2D eigenvalue weighted by Crippen LogP contribution is 2.37. The smallest absolute Gasteiger partial charge is 0.213 e. The van der Waals surface area contributed by atoms with Gasteiger partial charge in [-0.2, -0.15) is 0 Å². The van der Waals surface area contributed by atoms with E-state index in [9.17, 15) is 0 Å². The standard InChI is InChI=1S/C15H24N2O2/c1-14(2)9-12(15(3,4)19-14)17-10-11-6-7-16-13(8-11)18-5/h6-8,12,17H,9-10H2,1-5H3. The summed E-state index contributed by atoms with van der Waals surface area (Å²) >= 11 is 0. The molecule has 1 fully saturated rings. The van der Waals surface area contributed by atoms with Crippen molar-refractivity contribution in [1.29, 1.82) is 0 Å². The van der Waals surface area contributed by atoms with Gasteiger partial charge in [-0.05, 0) is 45.7 Å². The molecule has 19 heavy (non-hydrogen) atoms. The molecular formula is C15H24N2O2. The van der Waals surface area contributed by atoms with Crippen LogP contribution in [0.5, 0.6) is 5.88 Å². The molecule has 4 heteroatoms. The van der Waals surface area contributed by atoms with Crippen molar-refractivity contribution in [2.75, 3.05) is 7.11 Å². The average molecular weight is 264 g/mol. The van der Waals surface area contributed by atoms with Crippen LogP contribution in [0.1, 0.15) is 39.7 Å². The summed E-state index contributed by atoms with van der Waals surface area (Å²) in [6.07, 6.45) is 2.79. The zero-order valence-corrected chi connectivity index (χ0v) is 12.5. The number of pyridine rings is 1. The van der Waals surface area contributed by atoms with E-state index in [1.807, 2.05) is 12.1 Å². The summed E-state index contributed by atoms with van der Waals surface area (Å²) in [5.41, 5.74) is 0.977. The quantitative estimate of drug-likeness (QED) is 0.907. The first kappa shape index (κ1) is 14.3. The minimum absolute atomic E-state index is 0.0584. The molecule has 1 N–H and O–H groups in total. The van der Waals surface area contributed by atoms with Crippen molar-refractivity contribution in [3.63, 3.8) is 0 Å². The van der Waals surface area contributed by atoms with Gasteiger partial charge >= 0.3 is 0 Å². The average Bonchev–Trinajstić information content (AvgIpc) is 2.54. The Hall–Kier alpha value is -1.13. The molecule has 0 bridgehead atoms. The SMILES string of the molecule is COc1cc(CNC2CC(C)(C)OC2(C)C)ccn1. The first-order valence-electron chi connectivity index (χ1n) is 6.75. The van der Waals surface area contributed by atoms with E-state index in [0.717, 1.165) is 13.0 Å². The zero-order valence-electron chi connectivity index (χ0n) is 12.5. The summed E-state index contributed by atoms with van der Waals surface area (Å²) in [6, 6.07) is 4.31. The Morgan fingerprint density at radius 3 is 2.74 bits per heavy atom. The second-order valence-corrected chi connectivity index (χ2v) is 6.31. The van der Waals surface area contributed by atoms with Crippen LogP contribution in [0.25, 0.3) is 0 Å². The second kappa shape index (κ2) is 5.10. The third kappa shape index (κ3) is 3.45. The first-order chi connectivity index (χ1) is 8.82. The predicted octanol–water partition coefficient (Wildman–Crippen LogP) is 2.53. The van der Waals surface area contributed by atoms with E-state index in [1.54, 1.807) is 13.3 Å². The van der Waals surface area contributed by atoms with Gasteiger partial charge in [0.1, 0.15) is 0 Å². The molecule has 1 saturated heterocycles. The molecule has 0 radical (unpaired) electrons. The van der Waals surface area contributed by atoms with Gasteiger partial charge in [0.05, 0.1) is 18.3 Å². The lowest BCUT2D eigenvalue weighted by atomic mass is 9.94. The Kier molecular flexibility index (Phi) is 3.83. The van der Waals surface area contributed by atoms with Crippen molar-refractivity contribution in [2.24, 2.45) is 0 Å². The fraction of sp³-hybridized carbons (Fsp3) is 0.667. The minimum atomic E-state index is -0.138. The van der Waals surface area contributed by atoms with E-state index in [-0.39, 0.29) is 11.2 Å². The van der Waals surface area contributed by atoms with E-state index >= 15 is 0 Å². The lowest BCUT2D eigenvalue weighted by Crippen LogP contribution is -2.42. The van der Waals surface area contributed by atoms with Crippen LogP contribution >= 0.6 is 0 Å². The first-order valence-corrected chi connectivity index (χ1v) is 6.75. The second-order valence-electron chi connectivity index (χ2n) is 6.31. The Bertz CT molecular complexity index is 444. The molecule has 1 aliphatic heterocycles. The number of methoxy groups -OCH3 is 1. The molecular weight excluding hydrogens is 240 g/mol. The lowest BCUT2D eigenvalue weighted by molar-refractivity contribution is -0.0699. The van der Waals surface area contributed by atoms with Crippen molar-refractivity contribution in [2.45, 2.75) is 57.9 Å². The summed E-state index contributed by atoms with van der Waals surface area (Å²) in [4.78, 5) is 4.11. The number of hydrogen-bond acceptors (Lipinski definition) is 4. The minimum Gasteiger partial charge on any atom is -0.481 e. The molecule has 106 valence electrons. The van der Waals surface area contributed by atoms with Gasteiger partial charge in [-0.1, -0.05) is 0 Å². The summed E-state index contributed by atoms with van der Waals surface area (Å²) in [5.74, 6) is 0.654. The molecule has 0 aromatic carbocycles. The Balaban J connectivity index is 1.98. The summed E-state index contributed by atoms with van der Waals surface area (Å²) in [6.45, 7) is 9.38. The lowest BCUT2D eigenvalue weighted by Gasteiger charge is -2.28. The molecule has 1 aromatic rings. The highest BCUT2D eigenvalue weighted by atomic mass is 16.5. The number of hydrogen-bond donors (Lipinski definition) is 1. The normalized spacial score (nSPS) is 24.4. The predicted molar refractivity (Wildman–Crippen MR) is 75.3 cm³/mol. The summed E-state index contributed by atoms with van der Waals surface area (Å²) in [7, 11) is 1.63. The van der Waals surface area contributed by atoms with Gasteiger partial charge in [-0.25, -0.2) is 4.98 Å². The monoisotopic (exact) mass is 264 g/mol. The largest absolute Gasteiger partial charge is 0.481 e. The number of nitrogens with zero attached hydrogens (tertiary/aromatic N) is 1. The van der Waals surface area contributed by atoms with Gasteiger partial charge in [0.25, 0.3) is 0 Å². The maximum atomic E-state index is 6.08. The van der Waals surface area contributed by atoms with Crippen molar-refractivity contribution in [3.8, 4) is 5.88 Å². The number of nitrogens with one attached hydrogen (secondary N) is 1. The molecule has 0 saturated carbocycles. The van der Waals surface area contributed by atoms with Crippen molar-refractivity contribution in [3.05, 3.63) is 23.9 Å². The van der Waals surface area contributed by atoms with Gasteiger partial charge < -0.3 is 14.8 Å². The highest BCUT2D eigenvalue weighted by Gasteiger charge is 2.45. The molecule has 4 nitrogen and oxygen atoms in total. The number of aromatic nitrogens is 1. The van der Waals surface area contributed by atoms with Crippen LogP contribution in [0.3, 0.4) is 0 Å². The van der Waals surface area contributed by atoms with Gasteiger partial charge in [0.15, 0.2) is 0 Å². The summed E-state index contributed by atoms with van der Waals surface area (Å²) < 4.78 is 11.2. The van der Waals surface area contributed by atoms with Crippen LogP contribution < -0.4 is 10.1 Å². The van der Waals surface area contributed by atoms with Crippen LogP contribution in [-0.4, -0.2) is 29.3 Å². The van der Waals surface area contributed by atoms with E-state index in [4.69, 9.17) is 9.47 Å². The molecule has 1 unspecified atom stereocenters. The molecule has 0 amide bonds. The van der Waals surface area contributed by atoms with Crippen LogP contribution in [0.4, 0.5) is 0 Å². The Morgan fingerprint density at radius 2 is 2.16 bits per heavy atom. The van der Waals surface area contributed by atoms with Gasteiger partial charge in [0, 0.05) is 24.8 Å². The molecule has 1 aromatic heterocycles. The van der Waals surface area contributed by atoms with Gasteiger partial charge in [0.2, 0.25) is 5.88 Å². The Morgan fingerprint density at radius 1 is 1.42 bits per heavy atom. The van der Waals surface area contributed by atoms with E-state index < -0.39 is 0 Å². The maximum Gasteiger partial charge on any atom is 0.213 e. The van der Waals surface area contributed by atoms with E-state index in [2.05, 4.69) is 38.0 Å². The van der Waals surface area contributed by atoms with Crippen molar-refractivity contribution in [1.82, 2.24) is 10.3 Å². The summed E-state index contributed by atoms with van der Waals surface area (Å²) in [5, 5.41) is 3.59. The van der Waals surface area contributed by atoms with Crippen LogP contribution in [0, 0.1) is 0 Å². The van der Waals surface area contributed by atoms with Crippen LogP contribution in [0.2, 0.25) is 0 Å². The number of ether oxygens (including phenoxy) is 2. The molecule has 1 aliphatic rings. The fourth-order valence-corrected chi connectivity index (χ4v) is 2.79. The third-order valence-corrected chi connectivity index (χ3v) is 3.64. The van der Waals surface area contributed by atoms with Gasteiger partial charge in [-0.15, -0.1) is 0 Å². The Labute approximate surface area is 115 Å². The topological polar surface area (TPSA) is 43.4 Å². The fourth-order valence-electron chi connectivity index (χ4n) is 2.79. The maximum absolute atomic E-state index is 6.08. The van der Waals surface area contributed by atoms with Crippen LogP contribution in [0.15, 0.2) is 18.3 Å². The molecule has 2 heterocycles. The highest BCUT2D eigenvalue weighted by molar-refractivity contribution is 5.20. The molecule has 1 atom stereocenters. The van der Waals surface area contributed by atoms with E-state index in [0.29, 0.717) is 11.9 Å². The molecule has 0 spiro atoms. The van der Waals surface area contributed by atoms with Crippen molar-refractivity contribution < 1.29 is 9.47 Å². The number of rotatable bonds is 4. The molecule has 2 rings (SSSR count). The zero-order chi connectivity index (χ0) is 14.1. The van der Waals surface area contributed by atoms with E-state index in [1.165, 1.54) is 5.56 Å². The molecule has 0 aliphatic carbocycles.